The maximum absolute atomic E-state index is 4.61. The molecule has 86 valence electrons. The Hall–Kier alpha value is -0.830. The Labute approximate surface area is 92.9 Å². The highest BCUT2D eigenvalue weighted by Crippen LogP contribution is 2.09. The smallest absolute Gasteiger partial charge is 0.0642 e. The number of nitrogens with one attached hydrogen (secondary N) is 1. The summed E-state index contributed by atoms with van der Waals surface area (Å²) >= 11 is 0. The molecule has 3 nitrogen and oxygen atoms in total. The molecule has 1 N–H and O–H groups in total. The number of hydrogen-bond acceptors (Lipinski definition) is 2. The molecule has 0 radical (unpaired) electrons. The largest absolute Gasteiger partial charge is 0.317 e. The molecule has 0 saturated carbocycles. The van der Waals surface area contributed by atoms with Crippen LogP contribution >= 0.6 is 0 Å². The minimum Gasteiger partial charge on any atom is -0.317 e. The van der Waals surface area contributed by atoms with Gasteiger partial charge in [-0.3, -0.25) is 4.68 Å². The van der Waals surface area contributed by atoms with Crippen molar-refractivity contribution in [2.75, 3.05) is 7.05 Å². The Morgan fingerprint density at radius 1 is 1.47 bits per heavy atom. The van der Waals surface area contributed by atoms with Crippen LogP contribution in [0.1, 0.15) is 38.6 Å². The van der Waals surface area contributed by atoms with Gasteiger partial charge in [-0.2, -0.15) is 5.10 Å². The third-order valence-electron chi connectivity index (χ3n) is 2.73. The van der Waals surface area contributed by atoms with E-state index in [4.69, 9.17) is 0 Å². The van der Waals surface area contributed by atoms with Crippen LogP contribution < -0.4 is 5.32 Å². The SMILES string of the molecule is CCCc1cc(CC(C)NC)nn1CC. The van der Waals surface area contributed by atoms with Gasteiger partial charge in [0.1, 0.15) is 0 Å². The molecule has 1 rings (SSSR count). The molecular formula is C12H23N3. The van der Waals surface area contributed by atoms with Crippen molar-refractivity contribution in [3.63, 3.8) is 0 Å². The minimum absolute atomic E-state index is 0.500. The van der Waals surface area contributed by atoms with Crippen LogP contribution in [0.15, 0.2) is 6.07 Å². The predicted octanol–water partition coefficient (Wildman–Crippen LogP) is 2.01. The molecule has 0 aliphatic rings. The van der Waals surface area contributed by atoms with Crippen LogP contribution in [0.25, 0.3) is 0 Å². The van der Waals surface area contributed by atoms with E-state index in [1.54, 1.807) is 0 Å². The number of nitrogens with zero attached hydrogens (tertiary/aromatic N) is 2. The second-order valence-electron chi connectivity index (χ2n) is 4.09. The van der Waals surface area contributed by atoms with E-state index in [0.717, 1.165) is 19.4 Å². The Bertz CT molecular complexity index is 291. The van der Waals surface area contributed by atoms with E-state index in [2.05, 4.69) is 41.9 Å². The van der Waals surface area contributed by atoms with Crippen LogP contribution in [-0.4, -0.2) is 22.9 Å². The molecule has 0 aliphatic heterocycles. The van der Waals surface area contributed by atoms with E-state index >= 15 is 0 Å². The number of aromatic nitrogens is 2. The first-order valence-corrected chi connectivity index (χ1v) is 5.94. The van der Waals surface area contributed by atoms with Crippen LogP contribution in [0, 0.1) is 0 Å². The lowest BCUT2D eigenvalue weighted by molar-refractivity contribution is 0.573. The van der Waals surface area contributed by atoms with Crippen molar-refractivity contribution in [2.45, 2.75) is 52.6 Å². The van der Waals surface area contributed by atoms with Crippen molar-refractivity contribution in [3.05, 3.63) is 17.5 Å². The Balaban J connectivity index is 2.73. The topological polar surface area (TPSA) is 29.9 Å². The monoisotopic (exact) mass is 209 g/mol. The molecule has 0 aliphatic carbocycles. The predicted molar refractivity (Wildman–Crippen MR) is 64.1 cm³/mol. The maximum Gasteiger partial charge on any atom is 0.0642 e. The number of rotatable bonds is 6. The molecule has 3 heteroatoms. The van der Waals surface area contributed by atoms with Crippen LogP contribution in [0.2, 0.25) is 0 Å². The summed E-state index contributed by atoms with van der Waals surface area (Å²) < 4.78 is 2.13. The third kappa shape index (κ3) is 3.34. The number of likely N-dealkylation sites (N-methyl/N-ethyl adjacent to an activating group) is 1. The van der Waals surface area contributed by atoms with Gasteiger partial charge < -0.3 is 5.32 Å². The first kappa shape index (κ1) is 12.2. The second kappa shape index (κ2) is 5.91. The van der Waals surface area contributed by atoms with Gasteiger partial charge >= 0.3 is 0 Å². The zero-order valence-electron chi connectivity index (χ0n) is 10.4. The quantitative estimate of drug-likeness (QED) is 0.776. The lowest BCUT2D eigenvalue weighted by Crippen LogP contribution is -2.23. The number of aryl methyl sites for hydroxylation is 2. The molecule has 0 saturated heterocycles. The first-order chi connectivity index (χ1) is 7.21. The van der Waals surface area contributed by atoms with Crippen LogP contribution in [0.5, 0.6) is 0 Å². The average molecular weight is 209 g/mol. The van der Waals surface area contributed by atoms with Crippen molar-refractivity contribution in [3.8, 4) is 0 Å². The Morgan fingerprint density at radius 3 is 2.73 bits per heavy atom. The molecule has 15 heavy (non-hydrogen) atoms. The van der Waals surface area contributed by atoms with Gasteiger partial charge in [0.2, 0.25) is 0 Å². The summed E-state index contributed by atoms with van der Waals surface area (Å²) in [6.45, 7) is 7.52. The molecule has 0 aromatic carbocycles. The van der Waals surface area contributed by atoms with Crippen LogP contribution in [0.4, 0.5) is 0 Å². The number of hydrogen-bond donors (Lipinski definition) is 1. The molecular weight excluding hydrogens is 186 g/mol. The summed E-state index contributed by atoms with van der Waals surface area (Å²) in [7, 11) is 1.99. The van der Waals surface area contributed by atoms with Gasteiger partial charge in [-0.25, -0.2) is 0 Å². The Kier molecular flexibility index (Phi) is 4.82. The highest BCUT2D eigenvalue weighted by atomic mass is 15.3. The highest BCUT2D eigenvalue weighted by Gasteiger charge is 2.08. The van der Waals surface area contributed by atoms with E-state index < -0.39 is 0 Å². The van der Waals surface area contributed by atoms with Gasteiger partial charge in [-0.1, -0.05) is 13.3 Å². The van der Waals surface area contributed by atoms with E-state index in [1.807, 2.05) is 7.05 Å². The molecule has 0 bridgehead atoms. The van der Waals surface area contributed by atoms with Gasteiger partial charge in [0.25, 0.3) is 0 Å². The molecule has 0 amide bonds. The molecule has 0 spiro atoms. The first-order valence-electron chi connectivity index (χ1n) is 5.94. The minimum atomic E-state index is 0.500. The van der Waals surface area contributed by atoms with Crippen molar-refractivity contribution >= 4 is 0 Å². The van der Waals surface area contributed by atoms with E-state index in [1.165, 1.54) is 17.8 Å². The average Bonchev–Trinajstić information content (AvgIpc) is 2.61. The van der Waals surface area contributed by atoms with Gasteiger partial charge in [-0.15, -0.1) is 0 Å². The van der Waals surface area contributed by atoms with Crippen molar-refractivity contribution in [2.24, 2.45) is 0 Å². The zero-order valence-corrected chi connectivity index (χ0v) is 10.4. The molecule has 1 aromatic rings. The lowest BCUT2D eigenvalue weighted by Gasteiger charge is -2.06. The maximum atomic E-state index is 4.61. The molecule has 1 atom stereocenters. The third-order valence-corrected chi connectivity index (χ3v) is 2.73. The fraction of sp³-hybridized carbons (Fsp3) is 0.750. The van der Waals surface area contributed by atoms with Crippen molar-refractivity contribution in [1.82, 2.24) is 15.1 Å². The molecule has 0 fully saturated rings. The fourth-order valence-electron chi connectivity index (χ4n) is 1.76. The molecule has 1 heterocycles. The van der Waals surface area contributed by atoms with Gasteiger partial charge in [0.05, 0.1) is 5.69 Å². The zero-order chi connectivity index (χ0) is 11.3. The standard InChI is InChI=1S/C12H23N3/c1-5-7-12-9-11(8-10(3)13-4)14-15(12)6-2/h9-10,13H,5-8H2,1-4H3. The lowest BCUT2D eigenvalue weighted by atomic mass is 10.1. The summed E-state index contributed by atoms with van der Waals surface area (Å²) in [6.07, 6.45) is 3.34. The summed E-state index contributed by atoms with van der Waals surface area (Å²) in [4.78, 5) is 0. The summed E-state index contributed by atoms with van der Waals surface area (Å²) in [6, 6.07) is 2.75. The van der Waals surface area contributed by atoms with E-state index in [-0.39, 0.29) is 0 Å². The second-order valence-corrected chi connectivity index (χ2v) is 4.09. The normalized spacial score (nSPS) is 13.1. The van der Waals surface area contributed by atoms with E-state index in [0.29, 0.717) is 6.04 Å². The summed E-state index contributed by atoms with van der Waals surface area (Å²) in [5.41, 5.74) is 2.58. The fourth-order valence-corrected chi connectivity index (χ4v) is 1.76. The van der Waals surface area contributed by atoms with Crippen LogP contribution in [0.3, 0.4) is 0 Å². The van der Waals surface area contributed by atoms with E-state index in [9.17, 15) is 0 Å². The summed E-state index contributed by atoms with van der Waals surface area (Å²) in [5, 5.41) is 7.85. The summed E-state index contributed by atoms with van der Waals surface area (Å²) in [5.74, 6) is 0. The molecule has 1 unspecified atom stereocenters. The highest BCUT2D eigenvalue weighted by molar-refractivity contribution is 5.11. The molecule has 1 aromatic heterocycles. The van der Waals surface area contributed by atoms with Gasteiger partial charge in [0.15, 0.2) is 0 Å². The van der Waals surface area contributed by atoms with Crippen molar-refractivity contribution in [1.29, 1.82) is 0 Å². The van der Waals surface area contributed by atoms with Crippen LogP contribution in [-0.2, 0) is 19.4 Å². The Morgan fingerprint density at radius 2 is 2.20 bits per heavy atom. The van der Waals surface area contributed by atoms with Crippen molar-refractivity contribution < 1.29 is 0 Å². The van der Waals surface area contributed by atoms with Gasteiger partial charge in [0, 0.05) is 24.7 Å². The van der Waals surface area contributed by atoms with Gasteiger partial charge in [-0.05, 0) is 33.4 Å².